The standard InChI is InChI=1S/C17H23NO4S/c1-13-14(9-10-22-13)11-18(3)12-17(2,19)15-5-7-16(8-6-15)23(4,20)21/h5-10,19H,11-12H2,1-4H3. The predicted molar refractivity (Wildman–Crippen MR) is 88.9 cm³/mol. The summed E-state index contributed by atoms with van der Waals surface area (Å²) >= 11 is 0. The van der Waals surface area contributed by atoms with E-state index in [1.54, 1.807) is 25.3 Å². The van der Waals surface area contributed by atoms with E-state index < -0.39 is 15.4 Å². The highest BCUT2D eigenvalue weighted by atomic mass is 32.2. The normalized spacial score (nSPS) is 14.9. The molecule has 0 aliphatic rings. The van der Waals surface area contributed by atoms with Crippen molar-refractivity contribution in [1.29, 1.82) is 0 Å². The Morgan fingerprint density at radius 2 is 1.83 bits per heavy atom. The molecule has 0 spiro atoms. The Morgan fingerprint density at radius 3 is 2.30 bits per heavy atom. The first-order chi connectivity index (χ1) is 10.6. The van der Waals surface area contributed by atoms with Crippen molar-refractivity contribution in [2.24, 2.45) is 0 Å². The van der Waals surface area contributed by atoms with Gasteiger partial charge in [-0.15, -0.1) is 0 Å². The number of aryl methyl sites for hydroxylation is 1. The Hall–Kier alpha value is -1.63. The van der Waals surface area contributed by atoms with E-state index in [-0.39, 0.29) is 4.90 Å². The number of sulfone groups is 1. The molecule has 0 aliphatic heterocycles. The maximum atomic E-state index is 11.5. The summed E-state index contributed by atoms with van der Waals surface area (Å²) in [7, 11) is -1.31. The Kier molecular flexibility index (Phi) is 4.98. The number of hydrogen-bond acceptors (Lipinski definition) is 5. The van der Waals surface area contributed by atoms with Gasteiger partial charge in [0.25, 0.3) is 0 Å². The van der Waals surface area contributed by atoms with Gasteiger partial charge in [0.2, 0.25) is 0 Å². The largest absolute Gasteiger partial charge is 0.469 e. The van der Waals surface area contributed by atoms with Crippen molar-refractivity contribution in [2.75, 3.05) is 19.8 Å². The van der Waals surface area contributed by atoms with Crippen LogP contribution in [0.4, 0.5) is 0 Å². The third-order valence-corrected chi connectivity index (χ3v) is 5.02. The second-order valence-corrected chi connectivity index (χ2v) is 8.26. The maximum absolute atomic E-state index is 11.5. The third kappa shape index (κ3) is 4.43. The fourth-order valence-electron chi connectivity index (χ4n) is 2.60. The van der Waals surface area contributed by atoms with E-state index in [1.807, 2.05) is 24.9 Å². The Morgan fingerprint density at radius 1 is 1.22 bits per heavy atom. The van der Waals surface area contributed by atoms with Gasteiger partial charge in [0.05, 0.1) is 16.8 Å². The third-order valence-electron chi connectivity index (χ3n) is 3.89. The van der Waals surface area contributed by atoms with Gasteiger partial charge in [-0.1, -0.05) is 12.1 Å². The van der Waals surface area contributed by atoms with E-state index in [2.05, 4.69) is 0 Å². The van der Waals surface area contributed by atoms with Crippen LogP contribution in [0.2, 0.25) is 0 Å². The molecule has 0 saturated heterocycles. The van der Waals surface area contributed by atoms with E-state index in [1.165, 1.54) is 18.4 Å². The molecule has 1 N–H and O–H groups in total. The highest BCUT2D eigenvalue weighted by Gasteiger charge is 2.25. The summed E-state index contributed by atoms with van der Waals surface area (Å²) in [6.07, 6.45) is 2.82. The lowest BCUT2D eigenvalue weighted by atomic mass is 9.95. The zero-order valence-electron chi connectivity index (χ0n) is 13.9. The van der Waals surface area contributed by atoms with Gasteiger partial charge in [-0.3, -0.25) is 4.90 Å². The summed E-state index contributed by atoms with van der Waals surface area (Å²) in [6.45, 7) is 4.71. The number of nitrogens with zero attached hydrogens (tertiary/aromatic N) is 1. The second kappa shape index (κ2) is 6.47. The molecule has 0 fully saturated rings. The topological polar surface area (TPSA) is 70.8 Å². The van der Waals surface area contributed by atoms with Gasteiger partial charge < -0.3 is 9.52 Å². The smallest absolute Gasteiger partial charge is 0.175 e. The zero-order valence-corrected chi connectivity index (χ0v) is 14.7. The zero-order chi connectivity index (χ0) is 17.3. The highest BCUT2D eigenvalue weighted by molar-refractivity contribution is 7.90. The van der Waals surface area contributed by atoms with Gasteiger partial charge in [0.1, 0.15) is 5.76 Å². The minimum atomic E-state index is -3.23. The van der Waals surface area contributed by atoms with Crippen molar-refractivity contribution >= 4 is 9.84 Å². The van der Waals surface area contributed by atoms with Crippen molar-refractivity contribution in [1.82, 2.24) is 4.90 Å². The van der Waals surface area contributed by atoms with Crippen LogP contribution in [0.15, 0.2) is 45.9 Å². The molecule has 1 atom stereocenters. The van der Waals surface area contributed by atoms with Gasteiger partial charge in [0, 0.05) is 24.9 Å². The van der Waals surface area contributed by atoms with E-state index in [0.717, 1.165) is 11.3 Å². The average molecular weight is 337 g/mol. The molecule has 0 amide bonds. The SMILES string of the molecule is Cc1occc1CN(C)CC(C)(O)c1ccc(S(C)(=O)=O)cc1. The first-order valence-corrected chi connectivity index (χ1v) is 9.23. The molecule has 2 rings (SSSR count). The molecule has 1 aromatic carbocycles. The number of furan rings is 1. The van der Waals surface area contributed by atoms with Crippen LogP contribution >= 0.6 is 0 Å². The molecule has 1 heterocycles. The summed E-state index contributed by atoms with van der Waals surface area (Å²) in [5.74, 6) is 0.869. The summed E-state index contributed by atoms with van der Waals surface area (Å²) < 4.78 is 28.3. The molecule has 0 radical (unpaired) electrons. The van der Waals surface area contributed by atoms with Gasteiger partial charge in [-0.05, 0) is 44.7 Å². The molecule has 5 nitrogen and oxygen atoms in total. The minimum Gasteiger partial charge on any atom is -0.469 e. The average Bonchev–Trinajstić information content (AvgIpc) is 2.83. The van der Waals surface area contributed by atoms with Crippen molar-refractivity contribution in [3.8, 4) is 0 Å². The van der Waals surface area contributed by atoms with Crippen molar-refractivity contribution in [3.63, 3.8) is 0 Å². The molecule has 126 valence electrons. The van der Waals surface area contributed by atoms with E-state index in [0.29, 0.717) is 18.7 Å². The van der Waals surface area contributed by atoms with Crippen LogP contribution < -0.4 is 0 Å². The maximum Gasteiger partial charge on any atom is 0.175 e. The number of likely N-dealkylation sites (N-methyl/N-ethyl adjacent to an activating group) is 1. The minimum absolute atomic E-state index is 0.249. The molecule has 0 saturated carbocycles. The Balaban J connectivity index is 2.10. The van der Waals surface area contributed by atoms with Crippen LogP contribution in [0, 0.1) is 6.92 Å². The second-order valence-electron chi connectivity index (χ2n) is 6.24. The predicted octanol–water partition coefficient (Wildman–Crippen LogP) is 2.33. The lowest BCUT2D eigenvalue weighted by Gasteiger charge is -2.29. The summed E-state index contributed by atoms with van der Waals surface area (Å²) in [6, 6.07) is 8.29. The van der Waals surface area contributed by atoms with E-state index >= 15 is 0 Å². The number of hydrogen-bond donors (Lipinski definition) is 1. The monoisotopic (exact) mass is 337 g/mol. The van der Waals surface area contributed by atoms with Gasteiger partial charge in [-0.2, -0.15) is 0 Å². The molecular formula is C17H23NO4S. The molecular weight excluding hydrogens is 314 g/mol. The van der Waals surface area contributed by atoms with Crippen LogP contribution in [0.25, 0.3) is 0 Å². The van der Waals surface area contributed by atoms with Crippen molar-refractivity contribution < 1.29 is 17.9 Å². The molecule has 0 aliphatic carbocycles. The summed E-state index contributed by atoms with van der Waals surface area (Å²) in [5.41, 5.74) is 0.680. The van der Waals surface area contributed by atoms with Crippen LogP contribution in [0.3, 0.4) is 0 Å². The first kappa shape index (κ1) is 17.7. The van der Waals surface area contributed by atoms with Gasteiger partial charge >= 0.3 is 0 Å². The van der Waals surface area contributed by atoms with Crippen molar-refractivity contribution in [2.45, 2.75) is 30.9 Å². The quantitative estimate of drug-likeness (QED) is 0.876. The molecule has 0 bridgehead atoms. The number of aliphatic hydroxyl groups is 1. The molecule has 1 unspecified atom stereocenters. The van der Waals surface area contributed by atoms with Gasteiger partial charge in [0.15, 0.2) is 9.84 Å². The van der Waals surface area contributed by atoms with Crippen LogP contribution in [-0.2, 0) is 22.0 Å². The molecule has 1 aromatic heterocycles. The molecule has 2 aromatic rings. The Labute approximate surface area is 137 Å². The van der Waals surface area contributed by atoms with E-state index in [4.69, 9.17) is 4.42 Å². The summed E-state index contributed by atoms with van der Waals surface area (Å²) in [4.78, 5) is 2.25. The van der Waals surface area contributed by atoms with Crippen LogP contribution in [0.1, 0.15) is 23.8 Å². The lowest BCUT2D eigenvalue weighted by molar-refractivity contribution is 0.0212. The van der Waals surface area contributed by atoms with Crippen LogP contribution in [-0.4, -0.2) is 38.3 Å². The van der Waals surface area contributed by atoms with Crippen molar-refractivity contribution in [3.05, 3.63) is 53.5 Å². The van der Waals surface area contributed by atoms with Crippen LogP contribution in [0.5, 0.6) is 0 Å². The van der Waals surface area contributed by atoms with Gasteiger partial charge in [-0.25, -0.2) is 8.42 Å². The van der Waals surface area contributed by atoms with E-state index in [9.17, 15) is 13.5 Å². The fraction of sp³-hybridized carbons (Fsp3) is 0.412. The molecule has 23 heavy (non-hydrogen) atoms. The summed E-state index contributed by atoms with van der Waals surface area (Å²) in [5, 5.41) is 10.7. The first-order valence-electron chi connectivity index (χ1n) is 7.34. The lowest BCUT2D eigenvalue weighted by Crippen LogP contribution is -2.36. The molecule has 6 heteroatoms. The number of rotatable bonds is 6. The number of benzene rings is 1. The highest BCUT2D eigenvalue weighted by Crippen LogP contribution is 2.24. The Bertz CT molecular complexity index is 760. The fourth-order valence-corrected chi connectivity index (χ4v) is 3.23.